The fourth-order valence-corrected chi connectivity index (χ4v) is 3.41. The lowest BCUT2D eigenvalue weighted by Crippen LogP contribution is -2.24. The topological polar surface area (TPSA) is 40.7 Å². The molecule has 0 atom stereocenters. The van der Waals surface area contributed by atoms with E-state index in [-0.39, 0.29) is 0 Å². The molecule has 0 saturated carbocycles. The summed E-state index contributed by atoms with van der Waals surface area (Å²) >= 11 is 2.06. The SMILES string of the molecule is Cc1nc2ccc(NC3CCSCC3)cc2[nH]1. The lowest BCUT2D eigenvalue weighted by molar-refractivity contribution is 0.667. The van der Waals surface area contributed by atoms with Gasteiger partial charge in [-0.3, -0.25) is 0 Å². The van der Waals surface area contributed by atoms with Gasteiger partial charge in [-0.15, -0.1) is 0 Å². The highest BCUT2D eigenvalue weighted by Gasteiger charge is 2.13. The molecule has 3 rings (SSSR count). The third kappa shape index (κ3) is 2.41. The second-order valence-electron chi connectivity index (χ2n) is 4.59. The van der Waals surface area contributed by atoms with E-state index in [0.717, 1.165) is 16.9 Å². The van der Waals surface area contributed by atoms with Gasteiger partial charge in [0.15, 0.2) is 0 Å². The largest absolute Gasteiger partial charge is 0.382 e. The van der Waals surface area contributed by atoms with E-state index in [0.29, 0.717) is 6.04 Å². The number of benzene rings is 1. The number of thioether (sulfide) groups is 1. The maximum absolute atomic E-state index is 4.41. The molecule has 0 aliphatic carbocycles. The first-order chi connectivity index (χ1) is 8.31. The summed E-state index contributed by atoms with van der Waals surface area (Å²) < 4.78 is 0. The number of hydrogen-bond donors (Lipinski definition) is 2. The number of fused-ring (bicyclic) bond motifs is 1. The Morgan fingerprint density at radius 1 is 1.35 bits per heavy atom. The lowest BCUT2D eigenvalue weighted by atomic mass is 10.1. The van der Waals surface area contributed by atoms with Crippen LogP contribution in [0.3, 0.4) is 0 Å². The highest BCUT2D eigenvalue weighted by molar-refractivity contribution is 7.99. The molecule has 2 heterocycles. The Morgan fingerprint density at radius 3 is 3.00 bits per heavy atom. The number of nitrogens with zero attached hydrogens (tertiary/aromatic N) is 1. The van der Waals surface area contributed by atoms with Crippen molar-refractivity contribution in [2.24, 2.45) is 0 Å². The van der Waals surface area contributed by atoms with Gasteiger partial charge in [0.05, 0.1) is 11.0 Å². The summed E-state index contributed by atoms with van der Waals surface area (Å²) in [5.41, 5.74) is 3.38. The summed E-state index contributed by atoms with van der Waals surface area (Å²) in [4.78, 5) is 7.70. The molecule has 0 amide bonds. The van der Waals surface area contributed by atoms with Gasteiger partial charge in [0, 0.05) is 11.7 Å². The zero-order chi connectivity index (χ0) is 11.7. The molecule has 17 heavy (non-hydrogen) atoms. The Labute approximate surface area is 105 Å². The Bertz CT molecular complexity index is 514. The van der Waals surface area contributed by atoms with Crippen LogP contribution in [0, 0.1) is 6.92 Å². The molecule has 0 radical (unpaired) electrons. The number of aromatic amines is 1. The molecule has 3 nitrogen and oxygen atoms in total. The van der Waals surface area contributed by atoms with E-state index in [1.54, 1.807) is 0 Å². The van der Waals surface area contributed by atoms with E-state index in [9.17, 15) is 0 Å². The van der Waals surface area contributed by atoms with Gasteiger partial charge in [0.1, 0.15) is 5.82 Å². The van der Waals surface area contributed by atoms with Gasteiger partial charge >= 0.3 is 0 Å². The molecule has 90 valence electrons. The number of aromatic nitrogens is 2. The predicted octanol–water partition coefficient (Wildman–Crippen LogP) is 3.18. The smallest absolute Gasteiger partial charge is 0.104 e. The van der Waals surface area contributed by atoms with Crippen LogP contribution in [0.5, 0.6) is 0 Å². The van der Waals surface area contributed by atoms with Crippen LogP contribution in [-0.2, 0) is 0 Å². The minimum absolute atomic E-state index is 0.637. The van der Waals surface area contributed by atoms with Crippen molar-refractivity contribution >= 4 is 28.5 Å². The molecule has 1 aromatic carbocycles. The number of imidazole rings is 1. The summed E-state index contributed by atoms with van der Waals surface area (Å²) in [7, 11) is 0. The summed E-state index contributed by atoms with van der Waals surface area (Å²) in [6.45, 7) is 1.99. The molecular weight excluding hydrogens is 230 g/mol. The first-order valence-electron chi connectivity index (χ1n) is 6.12. The van der Waals surface area contributed by atoms with Crippen molar-refractivity contribution in [2.75, 3.05) is 16.8 Å². The van der Waals surface area contributed by atoms with Crippen LogP contribution in [-0.4, -0.2) is 27.5 Å². The molecule has 1 fully saturated rings. The molecular formula is C13H17N3S. The number of hydrogen-bond acceptors (Lipinski definition) is 3. The summed E-state index contributed by atoms with van der Waals surface area (Å²) in [5, 5.41) is 3.62. The minimum atomic E-state index is 0.637. The van der Waals surface area contributed by atoms with Crippen molar-refractivity contribution in [1.29, 1.82) is 0 Å². The molecule has 1 saturated heterocycles. The molecule has 1 aliphatic rings. The highest BCUT2D eigenvalue weighted by atomic mass is 32.2. The highest BCUT2D eigenvalue weighted by Crippen LogP contribution is 2.23. The van der Waals surface area contributed by atoms with E-state index in [1.165, 1.54) is 30.0 Å². The van der Waals surface area contributed by atoms with Crippen LogP contribution in [0.4, 0.5) is 5.69 Å². The first kappa shape index (κ1) is 11.0. The predicted molar refractivity (Wildman–Crippen MR) is 74.8 cm³/mol. The van der Waals surface area contributed by atoms with Gasteiger partial charge in [0.25, 0.3) is 0 Å². The van der Waals surface area contributed by atoms with Crippen LogP contribution < -0.4 is 5.32 Å². The summed E-state index contributed by atoms with van der Waals surface area (Å²) in [6.07, 6.45) is 2.54. The zero-order valence-electron chi connectivity index (χ0n) is 9.99. The summed E-state index contributed by atoms with van der Waals surface area (Å²) in [6, 6.07) is 7.01. The quantitative estimate of drug-likeness (QED) is 0.856. The monoisotopic (exact) mass is 247 g/mol. The average molecular weight is 247 g/mol. The number of nitrogens with one attached hydrogen (secondary N) is 2. The molecule has 4 heteroatoms. The number of rotatable bonds is 2. The van der Waals surface area contributed by atoms with Crippen LogP contribution in [0.25, 0.3) is 11.0 Å². The van der Waals surface area contributed by atoms with Crippen LogP contribution in [0.1, 0.15) is 18.7 Å². The fourth-order valence-electron chi connectivity index (χ4n) is 2.30. The van der Waals surface area contributed by atoms with Crippen LogP contribution >= 0.6 is 11.8 Å². The Balaban J connectivity index is 1.79. The Hall–Kier alpha value is -1.16. The molecule has 0 spiro atoms. The van der Waals surface area contributed by atoms with Crippen LogP contribution in [0.2, 0.25) is 0 Å². The van der Waals surface area contributed by atoms with Crippen molar-refractivity contribution in [1.82, 2.24) is 9.97 Å². The van der Waals surface area contributed by atoms with Gasteiger partial charge in [0.2, 0.25) is 0 Å². The third-order valence-electron chi connectivity index (χ3n) is 3.19. The number of aryl methyl sites for hydroxylation is 1. The molecule has 2 aromatic rings. The molecule has 0 bridgehead atoms. The van der Waals surface area contributed by atoms with Gasteiger partial charge in [-0.05, 0) is 49.5 Å². The van der Waals surface area contributed by atoms with E-state index >= 15 is 0 Å². The maximum atomic E-state index is 4.41. The Kier molecular flexibility index (Phi) is 2.97. The number of H-pyrrole nitrogens is 1. The molecule has 0 unspecified atom stereocenters. The molecule has 1 aromatic heterocycles. The first-order valence-corrected chi connectivity index (χ1v) is 7.27. The Morgan fingerprint density at radius 2 is 2.18 bits per heavy atom. The van der Waals surface area contributed by atoms with Crippen molar-refractivity contribution in [3.8, 4) is 0 Å². The summed E-state index contributed by atoms with van der Waals surface area (Å²) in [5.74, 6) is 3.54. The molecule has 2 N–H and O–H groups in total. The van der Waals surface area contributed by atoms with Crippen molar-refractivity contribution < 1.29 is 0 Å². The number of anilines is 1. The normalized spacial score (nSPS) is 17.5. The van der Waals surface area contributed by atoms with Gasteiger partial charge in [-0.2, -0.15) is 11.8 Å². The van der Waals surface area contributed by atoms with Gasteiger partial charge in [-0.25, -0.2) is 4.98 Å². The third-order valence-corrected chi connectivity index (χ3v) is 4.24. The average Bonchev–Trinajstić information content (AvgIpc) is 2.70. The molecule has 1 aliphatic heterocycles. The fraction of sp³-hybridized carbons (Fsp3) is 0.462. The minimum Gasteiger partial charge on any atom is -0.382 e. The van der Waals surface area contributed by atoms with Crippen LogP contribution in [0.15, 0.2) is 18.2 Å². The van der Waals surface area contributed by atoms with Crippen molar-refractivity contribution in [2.45, 2.75) is 25.8 Å². The second-order valence-corrected chi connectivity index (χ2v) is 5.81. The standard InChI is InChI=1S/C13H17N3S/c1-9-14-12-3-2-11(8-13(12)15-9)16-10-4-6-17-7-5-10/h2-3,8,10,16H,4-7H2,1H3,(H,14,15). The van der Waals surface area contributed by atoms with Gasteiger partial charge < -0.3 is 10.3 Å². The van der Waals surface area contributed by atoms with Gasteiger partial charge in [-0.1, -0.05) is 0 Å². The van der Waals surface area contributed by atoms with E-state index in [2.05, 4.69) is 45.2 Å². The van der Waals surface area contributed by atoms with E-state index in [1.807, 2.05) is 6.92 Å². The maximum Gasteiger partial charge on any atom is 0.104 e. The second kappa shape index (κ2) is 4.61. The van der Waals surface area contributed by atoms with E-state index < -0.39 is 0 Å². The van der Waals surface area contributed by atoms with Crippen molar-refractivity contribution in [3.05, 3.63) is 24.0 Å². The lowest BCUT2D eigenvalue weighted by Gasteiger charge is -2.23. The van der Waals surface area contributed by atoms with E-state index in [4.69, 9.17) is 0 Å². The zero-order valence-corrected chi connectivity index (χ0v) is 10.8. The van der Waals surface area contributed by atoms with Crippen molar-refractivity contribution in [3.63, 3.8) is 0 Å².